The number of hydrogen-bond acceptors (Lipinski definition) is 6. The van der Waals surface area contributed by atoms with Crippen LogP contribution in [0.25, 0.3) is 10.2 Å². The van der Waals surface area contributed by atoms with Crippen LogP contribution >= 0.6 is 11.3 Å². The van der Waals surface area contributed by atoms with Gasteiger partial charge in [-0.15, -0.1) is 11.3 Å². The van der Waals surface area contributed by atoms with Gasteiger partial charge in [-0.3, -0.25) is 14.2 Å². The molecular formula is C18H20N4O5S2. The van der Waals surface area contributed by atoms with Crippen molar-refractivity contribution in [2.45, 2.75) is 30.7 Å². The SMILES string of the molecule is NS(=O)(=O)c1ccc(CCNC(=O)CCCn2c(=O)[nH]c3ccsc3c2=O)cc1. The molecule has 3 rings (SSSR count). The summed E-state index contributed by atoms with van der Waals surface area (Å²) >= 11 is 1.26. The van der Waals surface area contributed by atoms with Gasteiger partial charge in [0.25, 0.3) is 5.56 Å². The predicted molar refractivity (Wildman–Crippen MR) is 110 cm³/mol. The molecular weight excluding hydrogens is 416 g/mol. The molecule has 154 valence electrons. The Morgan fingerprint density at radius 3 is 2.59 bits per heavy atom. The van der Waals surface area contributed by atoms with Crippen molar-refractivity contribution >= 4 is 37.5 Å². The molecule has 0 bridgehead atoms. The number of nitrogens with one attached hydrogen (secondary N) is 2. The van der Waals surface area contributed by atoms with Crippen LogP contribution in [0.3, 0.4) is 0 Å². The van der Waals surface area contributed by atoms with Crippen LogP contribution in [0.15, 0.2) is 50.2 Å². The molecule has 1 aromatic carbocycles. The summed E-state index contributed by atoms with van der Waals surface area (Å²) in [6.07, 6.45) is 1.07. The quantitative estimate of drug-likeness (QED) is 0.472. The number of carbonyl (C=O) groups is 1. The smallest absolute Gasteiger partial charge is 0.328 e. The van der Waals surface area contributed by atoms with Gasteiger partial charge in [0.1, 0.15) is 4.70 Å². The topological polar surface area (TPSA) is 144 Å². The van der Waals surface area contributed by atoms with Crippen molar-refractivity contribution in [1.29, 1.82) is 0 Å². The summed E-state index contributed by atoms with van der Waals surface area (Å²) in [7, 11) is -3.72. The van der Waals surface area contributed by atoms with Crippen molar-refractivity contribution in [3.8, 4) is 0 Å². The van der Waals surface area contributed by atoms with E-state index in [4.69, 9.17) is 5.14 Å². The third kappa shape index (κ3) is 5.19. The third-order valence-electron chi connectivity index (χ3n) is 4.36. The van der Waals surface area contributed by atoms with E-state index in [2.05, 4.69) is 10.3 Å². The highest BCUT2D eigenvalue weighted by Gasteiger charge is 2.10. The van der Waals surface area contributed by atoms with Crippen LogP contribution in [-0.2, 0) is 27.8 Å². The maximum Gasteiger partial charge on any atom is 0.328 e. The number of amides is 1. The molecule has 0 fully saturated rings. The number of carbonyl (C=O) groups excluding carboxylic acids is 1. The maximum absolute atomic E-state index is 12.3. The number of sulfonamides is 1. The first-order chi connectivity index (χ1) is 13.8. The molecule has 0 aliphatic heterocycles. The molecule has 0 unspecified atom stereocenters. The van der Waals surface area contributed by atoms with E-state index in [1.54, 1.807) is 23.6 Å². The van der Waals surface area contributed by atoms with Crippen molar-refractivity contribution in [2.75, 3.05) is 6.54 Å². The van der Waals surface area contributed by atoms with Crippen LogP contribution in [0.1, 0.15) is 18.4 Å². The molecule has 2 heterocycles. The van der Waals surface area contributed by atoms with Crippen molar-refractivity contribution in [3.05, 3.63) is 62.1 Å². The van der Waals surface area contributed by atoms with Gasteiger partial charge >= 0.3 is 5.69 Å². The minimum Gasteiger partial charge on any atom is -0.356 e. The van der Waals surface area contributed by atoms with Crippen LogP contribution in [0.5, 0.6) is 0 Å². The molecule has 4 N–H and O–H groups in total. The molecule has 0 atom stereocenters. The summed E-state index contributed by atoms with van der Waals surface area (Å²) in [6.45, 7) is 0.541. The van der Waals surface area contributed by atoms with Gasteiger partial charge in [0.2, 0.25) is 15.9 Å². The second kappa shape index (κ2) is 8.72. The average Bonchev–Trinajstić information content (AvgIpc) is 3.12. The van der Waals surface area contributed by atoms with E-state index in [0.717, 1.165) is 10.1 Å². The average molecular weight is 437 g/mol. The number of nitrogens with two attached hydrogens (primary N) is 1. The van der Waals surface area contributed by atoms with E-state index in [-0.39, 0.29) is 29.3 Å². The number of H-pyrrole nitrogens is 1. The van der Waals surface area contributed by atoms with Gasteiger partial charge in [-0.2, -0.15) is 0 Å². The van der Waals surface area contributed by atoms with Crippen molar-refractivity contribution in [3.63, 3.8) is 0 Å². The zero-order valence-electron chi connectivity index (χ0n) is 15.4. The first kappa shape index (κ1) is 21.0. The minimum absolute atomic E-state index is 0.0382. The van der Waals surface area contributed by atoms with E-state index >= 15 is 0 Å². The number of aromatic nitrogens is 2. The molecule has 0 spiro atoms. The number of rotatable bonds is 8. The Hall–Kier alpha value is -2.76. The Bertz CT molecular complexity index is 1240. The molecule has 1 amide bonds. The number of aromatic amines is 1. The van der Waals surface area contributed by atoms with Gasteiger partial charge in [-0.25, -0.2) is 18.4 Å². The maximum atomic E-state index is 12.3. The van der Waals surface area contributed by atoms with Gasteiger partial charge in [-0.05, 0) is 42.0 Å². The number of thiophene rings is 1. The third-order valence-corrected chi connectivity index (χ3v) is 6.20. The second-order valence-electron chi connectivity index (χ2n) is 6.44. The van der Waals surface area contributed by atoms with Crippen LogP contribution < -0.4 is 21.7 Å². The Kier molecular flexibility index (Phi) is 6.30. The van der Waals surface area contributed by atoms with E-state index < -0.39 is 15.7 Å². The molecule has 0 radical (unpaired) electrons. The number of primary sulfonamides is 1. The standard InChI is InChI=1S/C18H20N4O5S2/c19-29(26,27)13-5-3-12(4-6-13)7-9-20-15(23)2-1-10-22-17(24)16-14(8-11-28-16)21-18(22)25/h3-6,8,11H,1-2,7,9-10H2,(H,20,23)(H,21,25)(H2,19,26,27). The monoisotopic (exact) mass is 436 g/mol. The zero-order valence-corrected chi connectivity index (χ0v) is 17.0. The minimum atomic E-state index is -3.72. The normalized spacial score (nSPS) is 11.6. The molecule has 11 heteroatoms. The van der Waals surface area contributed by atoms with Crippen LogP contribution in [0.2, 0.25) is 0 Å². The molecule has 29 heavy (non-hydrogen) atoms. The number of fused-ring (bicyclic) bond motifs is 1. The Labute approximate surface area is 170 Å². The lowest BCUT2D eigenvalue weighted by molar-refractivity contribution is -0.121. The van der Waals surface area contributed by atoms with Gasteiger partial charge in [0, 0.05) is 19.5 Å². The Morgan fingerprint density at radius 1 is 1.17 bits per heavy atom. The lowest BCUT2D eigenvalue weighted by atomic mass is 10.1. The van der Waals surface area contributed by atoms with Gasteiger partial charge < -0.3 is 10.3 Å². The van der Waals surface area contributed by atoms with E-state index in [9.17, 15) is 22.8 Å². The van der Waals surface area contributed by atoms with Crippen LogP contribution in [0, 0.1) is 0 Å². The first-order valence-corrected chi connectivity index (χ1v) is 11.3. The lowest BCUT2D eigenvalue weighted by Gasteiger charge is -2.07. The fourth-order valence-electron chi connectivity index (χ4n) is 2.85. The zero-order chi connectivity index (χ0) is 21.0. The van der Waals surface area contributed by atoms with Crippen molar-refractivity contribution < 1.29 is 13.2 Å². The highest BCUT2D eigenvalue weighted by atomic mass is 32.2. The van der Waals surface area contributed by atoms with Gasteiger partial charge in [0.05, 0.1) is 10.4 Å². The predicted octanol–water partition coefficient (Wildman–Crippen LogP) is 0.538. The fourth-order valence-corrected chi connectivity index (χ4v) is 4.16. The summed E-state index contributed by atoms with van der Waals surface area (Å²) < 4.78 is 24.0. The van der Waals surface area contributed by atoms with Crippen LogP contribution in [-0.4, -0.2) is 30.4 Å². The highest BCUT2D eigenvalue weighted by molar-refractivity contribution is 7.89. The van der Waals surface area contributed by atoms with E-state index in [1.807, 2.05) is 0 Å². The first-order valence-electron chi connectivity index (χ1n) is 8.84. The Balaban J connectivity index is 1.46. The molecule has 0 aliphatic carbocycles. The molecule has 2 aromatic heterocycles. The molecule has 0 aliphatic rings. The van der Waals surface area contributed by atoms with Gasteiger partial charge in [-0.1, -0.05) is 12.1 Å². The number of nitrogens with zero attached hydrogens (tertiary/aromatic N) is 1. The summed E-state index contributed by atoms with van der Waals surface area (Å²) in [5.74, 6) is -0.187. The highest BCUT2D eigenvalue weighted by Crippen LogP contribution is 2.12. The number of benzene rings is 1. The van der Waals surface area contributed by atoms with E-state index in [0.29, 0.717) is 29.6 Å². The molecule has 9 nitrogen and oxygen atoms in total. The van der Waals surface area contributed by atoms with Crippen molar-refractivity contribution in [1.82, 2.24) is 14.9 Å². The van der Waals surface area contributed by atoms with E-state index in [1.165, 1.54) is 23.5 Å². The molecule has 3 aromatic rings. The summed E-state index contributed by atoms with van der Waals surface area (Å²) in [5.41, 5.74) is 0.558. The summed E-state index contributed by atoms with van der Waals surface area (Å²) in [5, 5.41) is 9.55. The number of hydrogen-bond donors (Lipinski definition) is 3. The fraction of sp³-hybridized carbons (Fsp3) is 0.278. The van der Waals surface area contributed by atoms with Crippen LogP contribution in [0.4, 0.5) is 0 Å². The Morgan fingerprint density at radius 2 is 1.90 bits per heavy atom. The van der Waals surface area contributed by atoms with Gasteiger partial charge in [0.15, 0.2) is 0 Å². The second-order valence-corrected chi connectivity index (χ2v) is 8.92. The summed E-state index contributed by atoms with van der Waals surface area (Å²) in [4.78, 5) is 39.0. The molecule has 0 saturated heterocycles. The summed E-state index contributed by atoms with van der Waals surface area (Å²) in [6, 6.07) is 7.82. The largest absolute Gasteiger partial charge is 0.356 e. The van der Waals surface area contributed by atoms with Crippen molar-refractivity contribution in [2.24, 2.45) is 5.14 Å². The molecule has 0 saturated carbocycles. The lowest BCUT2D eigenvalue weighted by Crippen LogP contribution is -2.35.